The molecule has 0 unspecified atom stereocenters. The second kappa shape index (κ2) is 5.94. The van der Waals surface area contributed by atoms with Gasteiger partial charge in [0.05, 0.1) is 17.8 Å². The number of ether oxygens (including phenoxy) is 2. The fraction of sp³-hybridized carbons (Fsp3) is 0.474. The van der Waals surface area contributed by atoms with Crippen LogP contribution in [0.15, 0.2) is 18.2 Å². The number of fused-ring (bicyclic) bond motifs is 3. The molecule has 5 rings (SSSR count). The molecule has 6 nitrogen and oxygen atoms in total. The van der Waals surface area contributed by atoms with E-state index in [1.54, 1.807) is 6.92 Å². The van der Waals surface area contributed by atoms with Crippen LogP contribution in [-0.2, 0) is 11.3 Å². The average Bonchev–Trinajstić information content (AvgIpc) is 3.39. The number of cyclic esters (lactones) is 1. The summed E-state index contributed by atoms with van der Waals surface area (Å²) in [6.45, 7) is 2.43. The van der Waals surface area contributed by atoms with Crippen molar-refractivity contribution in [1.29, 1.82) is 0 Å². The third-order valence-electron chi connectivity index (χ3n) is 5.49. The number of imidazole rings is 1. The highest BCUT2D eigenvalue weighted by Gasteiger charge is 2.43. The molecule has 0 bridgehead atoms. The number of hydrogen-bond donors (Lipinski definition) is 0. The maximum absolute atomic E-state index is 13.4. The molecule has 1 aromatic carbocycles. The quantitative estimate of drug-likeness (QED) is 0.821. The van der Waals surface area contributed by atoms with Crippen molar-refractivity contribution in [2.24, 2.45) is 0 Å². The first-order valence-electron chi connectivity index (χ1n) is 9.13. The van der Waals surface area contributed by atoms with E-state index in [2.05, 4.69) is 17.1 Å². The first-order chi connectivity index (χ1) is 13.0. The number of benzene rings is 1. The minimum atomic E-state index is -2.70. The van der Waals surface area contributed by atoms with Crippen LogP contribution in [0.5, 0.6) is 5.75 Å². The second-order valence-corrected chi connectivity index (χ2v) is 7.22. The van der Waals surface area contributed by atoms with Crippen LogP contribution in [-0.4, -0.2) is 41.3 Å². The highest BCUT2D eigenvalue weighted by atomic mass is 19.3. The van der Waals surface area contributed by atoms with Gasteiger partial charge in [-0.15, -0.1) is 0 Å². The summed E-state index contributed by atoms with van der Waals surface area (Å²) in [7, 11) is 0. The SMILES string of the molecule is Cc1c(N2C(=O)OC[C@H]2C(F)F)nc2n1CCOc1cc(C3CC3)ccc1-2. The third-order valence-corrected chi connectivity index (χ3v) is 5.49. The molecule has 8 heteroatoms. The van der Waals surface area contributed by atoms with E-state index >= 15 is 0 Å². The molecule has 2 fully saturated rings. The van der Waals surface area contributed by atoms with E-state index in [9.17, 15) is 13.6 Å². The summed E-state index contributed by atoms with van der Waals surface area (Å²) in [6.07, 6.45) is -1.09. The number of halogens is 2. The molecule has 142 valence electrons. The van der Waals surface area contributed by atoms with Crippen LogP contribution in [0.1, 0.15) is 30.0 Å². The van der Waals surface area contributed by atoms with Gasteiger partial charge in [-0.3, -0.25) is 0 Å². The summed E-state index contributed by atoms with van der Waals surface area (Å²) in [4.78, 5) is 17.7. The molecule has 1 aliphatic carbocycles. The predicted octanol–water partition coefficient (Wildman–Crippen LogP) is 3.72. The maximum Gasteiger partial charge on any atom is 0.416 e. The Kier molecular flexibility index (Phi) is 3.63. The Morgan fingerprint density at radius 1 is 1.26 bits per heavy atom. The molecule has 2 aliphatic heterocycles. The molecule has 1 aromatic heterocycles. The lowest BCUT2D eigenvalue weighted by Gasteiger charge is -2.19. The van der Waals surface area contributed by atoms with E-state index in [-0.39, 0.29) is 12.4 Å². The van der Waals surface area contributed by atoms with Crippen molar-refractivity contribution in [1.82, 2.24) is 9.55 Å². The molecule has 0 radical (unpaired) electrons. The van der Waals surface area contributed by atoms with Gasteiger partial charge in [-0.25, -0.2) is 23.5 Å². The van der Waals surface area contributed by atoms with Crippen LogP contribution < -0.4 is 9.64 Å². The van der Waals surface area contributed by atoms with E-state index in [1.807, 2.05) is 10.6 Å². The zero-order valence-electron chi connectivity index (χ0n) is 14.8. The lowest BCUT2D eigenvalue weighted by molar-refractivity contribution is 0.104. The Hall–Kier alpha value is -2.64. The maximum atomic E-state index is 13.4. The molecule has 1 saturated heterocycles. The lowest BCUT2D eigenvalue weighted by atomic mass is 10.1. The normalized spacial score (nSPS) is 21.6. The fourth-order valence-electron chi connectivity index (χ4n) is 3.85. The molecule has 3 heterocycles. The van der Waals surface area contributed by atoms with Gasteiger partial charge in [0.1, 0.15) is 30.8 Å². The van der Waals surface area contributed by atoms with Gasteiger partial charge in [-0.05, 0) is 43.4 Å². The lowest BCUT2D eigenvalue weighted by Crippen LogP contribution is -2.39. The van der Waals surface area contributed by atoms with Gasteiger partial charge in [0.25, 0.3) is 6.43 Å². The smallest absolute Gasteiger partial charge is 0.416 e. The largest absolute Gasteiger partial charge is 0.491 e. The second-order valence-electron chi connectivity index (χ2n) is 7.22. The number of nitrogens with zero attached hydrogens (tertiary/aromatic N) is 3. The molecule has 3 aliphatic rings. The van der Waals surface area contributed by atoms with Gasteiger partial charge >= 0.3 is 6.09 Å². The van der Waals surface area contributed by atoms with Gasteiger partial charge in [-0.2, -0.15) is 0 Å². The number of amides is 1. The number of rotatable bonds is 3. The highest BCUT2D eigenvalue weighted by Crippen LogP contribution is 2.44. The topological polar surface area (TPSA) is 56.6 Å². The van der Waals surface area contributed by atoms with E-state index in [4.69, 9.17) is 9.47 Å². The van der Waals surface area contributed by atoms with Gasteiger partial charge < -0.3 is 14.0 Å². The van der Waals surface area contributed by atoms with E-state index < -0.39 is 18.6 Å². The van der Waals surface area contributed by atoms with Crippen LogP contribution in [0.4, 0.5) is 19.4 Å². The van der Waals surface area contributed by atoms with E-state index in [0.29, 0.717) is 30.6 Å². The van der Waals surface area contributed by atoms with Gasteiger partial charge in [-0.1, -0.05) is 6.07 Å². The fourth-order valence-corrected chi connectivity index (χ4v) is 3.85. The highest BCUT2D eigenvalue weighted by molar-refractivity contribution is 5.90. The predicted molar refractivity (Wildman–Crippen MR) is 93.5 cm³/mol. The minimum Gasteiger partial charge on any atom is -0.491 e. The zero-order valence-corrected chi connectivity index (χ0v) is 14.8. The standard InChI is InChI=1S/C19H19F2N3O3/c1-10-17(24-14(16(20)21)9-27-19(24)25)22-18-13-5-4-12(11-2-3-11)8-15(13)26-7-6-23(10)18/h4-5,8,11,14,16H,2-3,6-7,9H2,1H3/t14-/m0/s1. The Labute approximate surface area is 154 Å². The Morgan fingerprint density at radius 2 is 2.07 bits per heavy atom. The molecular weight excluding hydrogens is 356 g/mol. The molecule has 1 atom stereocenters. The Bertz CT molecular complexity index is 923. The minimum absolute atomic E-state index is 0.233. The summed E-state index contributed by atoms with van der Waals surface area (Å²) in [5.74, 6) is 2.22. The van der Waals surface area contributed by atoms with Crippen molar-refractivity contribution >= 4 is 11.9 Å². The number of hydrogen-bond acceptors (Lipinski definition) is 4. The Morgan fingerprint density at radius 3 is 2.81 bits per heavy atom. The zero-order chi connectivity index (χ0) is 18.7. The third kappa shape index (κ3) is 2.57. The first kappa shape index (κ1) is 16.5. The number of carbonyl (C=O) groups excluding carboxylic acids is 1. The summed E-state index contributed by atoms with van der Waals surface area (Å²) in [5, 5.41) is 0. The van der Waals surface area contributed by atoms with E-state index in [1.165, 1.54) is 18.4 Å². The van der Waals surface area contributed by atoms with Crippen molar-refractivity contribution in [3.8, 4) is 17.1 Å². The van der Waals surface area contributed by atoms with Crippen LogP contribution in [0.2, 0.25) is 0 Å². The molecule has 27 heavy (non-hydrogen) atoms. The number of anilines is 1. The Balaban J connectivity index is 1.61. The van der Waals surface area contributed by atoms with Crippen LogP contribution in [0.3, 0.4) is 0 Å². The molecule has 1 amide bonds. The summed E-state index contributed by atoms with van der Waals surface area (Å²) >= 11 is 0. The van der Waals surface area contributed by atoms with Gasteiger partial charge in [0, 0.05) is 0 Å². The van der Waals surface area contributed by atoms with Crippen LogP contribution in [0.25, 0.3) is 11.4 Å². The molecular formula is C19H19F2N3O3. The molecule has 1 saturated carbocycles. The molecule has 2 aromatic rings. The van der Waals surface area contributed by atoms with Crippen LogP contribution in [0, 0.1) is 6.92 Å². The monoisotopic (exact) mass is 375 g/mol. The molecule has 0 spiro atoms. The summed E-state index contributed by atoms with van der Waals surface area (Å²) in [5.41, 5.74) is 2.72. The summed E-state index contributed by atoms with van der Waals surface area (Å²) in [6, 6.07) is 4.79. The average molecular weight is 375 g/mol. The van der Waals surface area contributed by atoms with Crippen molar-refractivity contribution in [3.05, 3.63) is 29.5 Å². The number of aromatic nitrogens is 2. The van der Waals surface area contributed by atoms with E-state index in [0.717, 1.165) is 16.2 Å². The van der Waals surface area contributed by atoms with Gasteiger partial charge in [0.15, 0.2) is 5.82 Å². The van der Waals surface area contributed by atoms with Crippen molar-refractivity contribution in [2.75, 3.05) is 18.1 Å². The first-order valence-corrected chi connectivity index (χ1v) is 9.13. The number of carbonyl (C=O) groups is 1. The van der Waals surface area contributed by atoms with Gasteiger partial charge in [0.2, 0.25) is 0 Å². The number of alkyl halides is 2. The van der Waals surface area contributed by atoms with Crippen LogP contribution >= 0.6 is 0 Å². The van der Waals surface area contributed by atoms with Crippen molar-refractivity contribution in [3.63, 3.8) is 0 Å². The van der Waals surface area contributed by atoms with Crippen molar-refractivity contribution < 1.29 is 23.0 Å². The summed E-state index contributed by atoms with van der Waals surface area (Å²) < 4.78 is 39.4. The molecule has 0 N–H and O–H groups in total. The van der Waals surface area contributed by atoms with Crippen molar-refractivity contribution in [2.45, 2.75) is 44.7 Å².